The Labute approximate surface area is 100 Å². The number of rotatable bonds is 4. The molecule has 0 saturated carbocycles. The Balaban J connectivity index is 2.04. The number of hydrogen-bond acceptors (Lipinski definition) is 5. The van der Waals surface area contributed by atoms with Crippen LogP contribution in [0.1, 0.15) is 31.3 Å². The molecule has 0 bridgehead atoms. The van der Waals surface area contributed by atoms with Gasteiger partial charge < -0.3 is 10.3 Å². The Bertz CT molecular complexity index is 473. The second-order valence-corrected chi connectivity index (χ2v) is 4.77. The van der Waals surface area contributed by atoms with Crippen LogP contribution in [0, 0.1) is 0 Å². The van der Waals surface area contributed by atoms with Crippen LogP contribution in [0.4, 0.5) is 0 Å². The van der Waals surface area contributed by atoms with Gasteiger partial charge in [0.2, 0.25) is 5.89 Å². The Kier molecular flexibility index (Phi) is 3.19. The van der Waals surface area contributed by atoms with Crippen LogP contribution in [-0.2, 0) is 12.8 Å². The molecule has 0 amide bonds. The van der Waals surface area contributed by atoms with Crippen molar-refractivity contribution >= 4 is 0 Å². The average molecular weight is 232 g/mol. The minimum absolute atomic E-state index is 0.338. The van der Waals surface area contributed by atoms with Crippen molar-refractivity contribution in [3.63, 3.8) is 0 Å². The molecule has 0 atom stereocenters. The van der Waals surface area contributed by atoms with Gasteiger partial charge in [-0.05, 0) is 26.0 Å². The van der Waals surface area contributed by atoms with Crippen molar-refractivity contribution in [2.45, 2.75) is 32.2 Å². The van der Waals surface area contributed by atoms with Gasteiger partial charge in [0.25, 0.3) is 0 Å². The maximum atomic E-state index is 5.89. The van der Waals surface area contributed by atoms with Crippen LogP contribution in [-0.4, -0.2) is 20.7 Å². The van der Waals surface area contributed by atoms with Gasteiger partial charge in [-0.15, -0.1) is 0 Å². The SMILES string of the molecule is CC(C)(N)Cc1nc(Cc2ccccn2)no1. The molecule has 0 unspecified atom stereocenters. The molecule has 0 saturated heterocycles. The third kappa shape index (κ3) is 3.64. The number of nitrogens with two attached hydrogens (primary N) is 1. The van der Waals surface area contributed by atoms with E-state index in [9.17, 15) is 0 Å². The standard InChI is InChI=1S/C12H16N4O/c1-12(2,13)8-11-15-10(16-17-11)7-9-5-3-4-6-14-9/h3-6H,7-8,13H2,1-2H3. The topological polar surface area (TPSA) is 77.8 Å². The van der Waals surface area contributed by atoms with Gasteiger partial charge in [-0.2, -0.15) is 4.98 Å². The molecule has 2 aromatic heterocycles. The van der Waals surface area contributed by atoms with E-state index in [1.165, 1.54) is 0 Å². The molecule has 0 aliphatic rings. The molecule has 5 nitrogen and oxygen atoms in total. The Hall–Kier alpha value is -1.75. The zero-order chi connectivity index (χ0) is 12.3. The second-order valence-electron chi connectivity index (χ2n) is 4.77. The largest absolute Gasteiger partial charge is 0.339 e. The van der Waals surface area contributed by atoms with Crippen molar-refractivity contribution in [1.82, 2.24) is 15.1 Å². The molecule has 0 aliphatic heterocycles. The smallest absolute Gasteiger partial charge is 0.228 e. The number of hydrogen-bond donors (Lipinski definition) is 1. The summed E-state index contributed by atoms with van der Waals surface area (Å²) in [6.45, 7) is 3.85. The average Bonchev–Trinajstić information content (AvgIpc) is 2.64. The van der Waals surface area contributed by atoms with Gasteiger partial charge in [0.1, 0.15) is 0 Å². The summed E-state index contributed by atoms with van der Waals surface area (Å²) in [5.41, 5.74) is 6.47. The van der Waals surface area contributed by atoms with Gasteiger partial charge >= 0.3 is 0 Å². The number of nitrogens with zero attached hydrogens (tertiary/aromatic N) is 3. The van der Waals surface area contributed by atoms with Gasteiger partial charge in [0.05, 0.1) is 6.42 Å². The van der Waals surface area contributed by atoms with Crippen LogP contribution >= 0.6 is 0 Å². The fourth-order valence-electron chi connectivity index (χ4n) is 1.49. The van der Waals surface area contributed by atoms with E-state index in [4.69, 9.17) is 10.3 Å². The normalized spacial score (nSPS) is 11.7. The zero-order valence-corrected chi connectivity index (χ0v) is 10.1. The van der Waals surface area contributed by atoms with Crippen LogP contribution in [0.2, 0.25) is 0 Å². The van der Waals surface area contributed by atoms with E-state index < -0.39 is 0 Å². The summed E-state index contributed by atoms with van der Waals surface area (Å²) in [6, 6.07) is 5.75. The minimum Gasteiger partial charge on any atom is -0.339 e. The molecule has 90 valence electrons. The van der Waals surface area contributed by atoms with E-state index in [2.05, 4.69) is 15.1 Å². The van der Waals surface area contributed by atoms with Crippen molar-refractivity contribution in [2.24, 2.45) is 5.73 Å². The lowest BCUT2D eigenvalue weighted by molar-refractivity contribution is 0.345. The summed E-state index contributed by atoms with van der Waals surface area (Å²) in [7, 11) is 0. The molecule has 2 aromatic rings. The first-order valence-electron chi connectivity index (χ1n) is 5.53. The zero-order valence-electron chi connectivity index (χ0n) is 10.1. The minimum atomic E-state index is -0.338. The van der Waals surface area contributed by atoms with Crippen molar-refractivity contribution in [3.05, 3.63) is 41.8 Å². The molecule has 17 heavy (non-hydrogen) atoms. The maximum Gasteiger partial charge on any atom is 0.228 e. The molecular weight excluding hydrogens is 216 g/mol. The molecule has 2 N–H and O–H groups in total. The van der Waals surface area contributed by atoms with Gasteiger partial charge in [0.15, 0.2) is 5.82 Å². The highest BCUT2D eigenvalue weighted by Crippen LogP contribution is 2.09. The van der Waals surface area contributed by atoms with Gasteiger partial charge in [-0.1, -0.05) is 11.2 Å². The molecule has 2 rings (SSSR count). The molecule has 5 heteroatoms. The first-order valence-corrected chi connectivity index (χ1v) is 5.53. The van der Waals surface area contributed by atoms with E-state index in [0.717, 1.165) is 5.69 Å². The van der Waals surface area contributed by atoms with Crippen molar-refractivity contribution in [2.75, 3.05) is 0 Å². The summed E-state index contributed by atoms with van der Waals surface area (Å²) >= 11 is 0. The highest BCUT2D eigenvalue weighted by atomic mass is 16.5. The molecule has 0 radical (unpaired) electrons. The number of aromatic nitrogens is 3. The fourth-order valence-corrected chi connectivity index (χ4v) is 1.49. The molecule has 0 spiro atoms. The van der Waals surface area contributed by atoms with Crippen LogP contribution in [0.15, 0.2) is 28.9 Å². The molecule has 2 heterocycles. The van der Waals surface area contributed by atoms with E-state index in [1.54, 1.807) is 6.20 Å². The molecule has 0 aliphatic carbocycles. The number of pyridine rings is 1. The first kappa shape index (κ1) is 11.7. The summed E-state index contributed by atoms with van der Waals surface area (Å²) in [6.07, 6.45) is 2.90. The Morgan fingerprint density at radius 1 is 1.35 bits per heavy atom. The molecule has 0 aromatic carbocycles. The first-order chi connectivity index (χ1) is 8.03. The summed E-state index contributed by atoms with van der Waals surface area (Å²) < 4.78 is 5.14. The third-order valence-corrected chi connectivity index (χ3v) is 2.18. The Morgan fingerprint density at radius 3 is 2.82 bits per heavy atom. The summed E-state index contributed by atoms with van der Waals surface area (Å²) in [5.74, 6) is 1.21. The lowest BCUT2D eigenvalue weighted by Gasteiger charge is -2.14. The highest BCUT2D eigenvalue weighted by molar-refractivity contribution is 5.09. The van der Waals surface area contributed by atoms with E-state index in [1.807, 2.05) is 32.0 Å². The third-order valence-electron chi connectivity index (χ3n) is 2.18. The fraction of sp³-hybridized carbons (Fsp3) is 0.417. The maximum absolute atomic E-state index is 5.89. The van der Waals surface area contributed by atoms with E-state index in [-0.39, 0.29) is 5.54 Å². The summed E-state index contributed by atoms with van der Waals surface area (Å²) in [5, 5.41) is 3.91. The van der Waals surface area contributed by atoms with Crippen molar-refractivity contribution < 1.29 is 4.52 Å². The monoisotopic (exact) mass is 232 g/mol. The van der Waals surface area contributed by atoms with Gasteiger partial charge in [0, 0.05) is 23.9 Å². The van der Waals surface area contributed by atoms with E-state index >= 15 is 0 Å². The van der Waals surface area contributed by atoms with Crippen molar-refractivity contribution in [1.29, 1.82) is 0 Å². The second kappa shape index (κ2) is 4.63. The van der Waals surface area contributed by atoms with Crippen LogP contribution < -0.4 is 5.73 Å². The van der Waals surface area contributed by atoms with Crippen LogP contribution in [0.3, 0.4) is 0 Å². The van der Waals surface area contributed by atoms with Crippen molar-refractivity contribution in [3.8, 4) is 0 Å². The highest BCUT2D eigenvalue weighted by Gasteiger charge is 2.17. The summed E-state index contributed by atoms with van der Waals surface area (Å²) in [4.78, 5) is 8.50. The van der Waals surface area contributed by atoms with Gasteiger partial charge in [-0.25, -0.2) is 0 Å². The lowest BCUT2D eigenvalue weighted by atomic mass is 10.0. The lowest BCUT2D eigenvalue weighted by Crippen LogP contribution is -2.34. The van der Waals surface area contributed by atoms with Crippen LogP contribution in [0.5, 0.6) is 0 Å². The quantitative estimate of drug-likeness (QED) is 0.860. The molecule has 0 fully saturated rings. The Morgan fingerprint density at radius 2 is 2.18 bits per heavy atom. The predicted molar refractivity (Wildman–Crippen MR) is 63.3 cm³/mol. The van der Waals surface area contributed by atoms with Crippen LogP contribution in [0.25, 0.3) is 0 Å². The van der Waals surface area contributed by atoms with E-state index in [0.29, 0.717) is 24.6 Å². The van der Waals surface area contributed by atoms with Gasteiger partial charge in [-0.3, -0.25) is 4.98 Å². The predicted octanol–water partition coefficient (Wildman–Crippen LogP) is 1.34. The molecular formula is C12H16N4O.